The molecule has 0 aliphatic rings. The van der Waals surface area contributed by atoms with Gasteiger partial charge >= 0.3 is 0 Å². The molecule has 4 nitrogen and oxygen atoms in total. The van der Waals surface area contributed by atoms with Crippen LogP contribution in [0.5, 0.6) is 5.75 Å². The first-order valence-electron chi connectivity index (χ1n) is 5.65. The predicted molar refractivity (Wildman–Crippen MR) is 68.7 cm³/mol. The SMILES string of the molecule is COc1ccc(CO)cc1Cn1ccc(=O)cc1. The largest absolute Gasteiger partial charge is 0.496 e. The Kier molecular flexibility index (Phi) is 3.79. The summed E-state index contributed by atoms with van der Waals surface area (Å²) in [5, 5.41) is 9.14. The van der Waals surface area contributed by atoms with Gasteiger partial charge in [-0.3, -0.25) is 4.79 Å². The number of hydrogen-bond donors (Lipinski definition) is 1. The van der Waals surface area contributed by atoms with Crippen LogP contribution in [0.4, 0.5) is 0 Å². The second-order valence-electron chi connectivity index (χ2n) is 4.01. The number of aromatic nitrogens is 1. The lowest BCUT2D eigenvalue weighted by Gasteiger charge is -2.12. The van der Waals surface area contributed by atoms with E-state index in [9.17, 15) is 4.79 Å². The van der Waals surface area contributed by atoms with Gasteiger partial charge < -0.3 is 14.4 Å². The normalized spacial score (nSPS) is 10.3. The number of hydrogen-bond acceptors (Lipinski definition) is 3. The highest BCUT2D eigenvalue weighted by atomic mass is 16.5. The maximum Gasteiger partial charge on any atom is 0.181 e. The summed E-state index contributed by atoms with van der Waals surface area (Å²) in [5.41, 5.74) is 1.79. The van der Waals surface area contributed by atoms with E-state index in [0.29, 0.717) is 6.54 Å². The number of aliphatic hydroxyl groups excluding tert-OH is 1. The number of aliphatic hydroxyl groups is 1. The lowest BCUT2D eigenvalue weighted by Crippen LogP contribution is -2.06. The summed E-state index contributed by atoms with van der Waals surface area (Å²) in [6, 6.07) is 8.60. The highest BCUT2D eigenvalue weighted by Gasteiger charge is 2.04. The third-order valence-corrected chi connectivity index (χ3v) is 2.74. The van der Waals surface area contributed by atoms with Crippen LogP contribution in [0.2, 0.25) is 0 Å². The molecule has 0 unspecified atom stereocenters. The monoisotopic (exact) mass is 245 g/mol. The zero-order chi connectivity index (χ0) is 13.0. The van der Waals surface area contributed by atoms with Gasteiger partial charge in [0.15, 0.2) is 5.43 Å². The van der Waals surface area contributed by atoms with Crippen LogP contribution in [-0.2, 0) is 13.2 Å². The van der Waals surface area contributed by atoms with E-state index in [2.05, 4.69) is 0 Å². The molecule has 0 aliphatic heterocycles. The molecule has 0 bridgehead atoms. The molecule has 0 atom stereocenters. The second kappa shape index (κ2) is 5.51. The molecular formula is C14H15NO3. The molecule has 1 N–H and O–H groups in total. The van der Waals surface area contributed by atoms with Gasteiger partial charge in [-0.2, -0.15) is 0 Å². The molecule has 1 aromatic heterocycles. The molecule has 4 heteroatoms. The first-order chi connectivity index (χ1) is 8.72. The molecule has 1 heterocycles. The summed E-state index contributed by atoms with van der Waals surface area (Å²) in [4.78, 5) is 11.0. The van der Waals surface area contributed by atoms with Crippen LogP contribution in [0.1, 0.15) is 11.1 Å². The summed E-state index contributed by atoms with van der Waals surface area (Å²) >= 11 is 0. The Bertz CT molecular complexity index is 569. The van der Waals surface area contributed by atoms with E-state index < -0.39 is 0 Å². The maximum absolute atomic E-state index is 11.0. The first kappa shape index (κ1) is 12.4. The van der Waals surface area contributed by atoms with Crippen LogP contribution < -0.4 is 10.2 Å². The van der Waals surface area contributed by atoms with Crippen LogP contribution in [0, 0.1) is 0 Å². The van der Waals surface area contributed by atoms with E-state index in [1.54, 1.807) is 19.5 Å². The average Bonchev–Trinajstić information content (AvgIpc) is 2.41. The third kappa shape index (κ3) is 2.78. The van der Waals surface area contributed by atoms with Crippen molar-refractivity contribution in [3.05, 3.63) is 64.1 Å². The predicted octanol–water partition coefficient (Wildman–Crippen LogP) is 1.40. The topological polar surface area (TPSA) is 51.5 Å². The molecule has 0 spiro atoms. The van der Waals surface area contributed by atoms with Crippen molar-refractivity contribution in [3.63, 3.8) is 0 Å². The summed E-state index contributed by atoms with van der Waals surface area (Å²) in [5.74, 6) is 0.769. The van der Waals surface area contributed by atoms with E-state index in [4.69, 9.17) is 9.84 Å². The standard InChI is InChI=1S/C14H15NO3/c1-18-14-3-2-11(10-16)8-12(14)9-15-6-4-13(17)5-7-15/h2-8,16H,9-10H2,1H3. The zero-order valence-corrected chi connectivity index (χ0v) is 10.2. The van der Waals surface area contributed by atoms with Crippen molar-refractivity contribution in [3.8, 4) is 5.75 Å². The first-order valence-corrected chi connectivity index (χ1v) is 5.65. The van der Waals surface area contributed by atoms with Gasteiger partial charge in [-0.05, 0) is 17.7 Å². The van der Waals surface area contributed by atoms with E-state index in [-0.39, 0.29) is 12.0 Å². The maximum atomic E-state index is 11.0. The minimum absolute atomic E-state index is 0.00115. The van der Waals surface area contributed by atoms with Crippen LogP contribution in [0.3, 0.4) is 0 Å². The number of pyridine rings is 1. The molecule has 0 saturated carbocycles. The van der Waals surface area contributed by atoms with Crippen LogP contribution in [0.25, 0.3) is 0 Å². The summed E-state index contributed by atoms with van der Waals surface area (Å²) < 4.78 is 7.17. The molecular weight excluding hydrogens is 230 g/mol. The number of benzene rings is 1. The van der Waals surface area contributed by atoms with Gasteiger partial charge in [0.1, 0.15) is 5.75 Å². The van der Waals surface area contributed by atoms with E-state index in [0.717, 1.165) is 16.9 Å². The molecule has 94 valence electrons. The molecule has 18 heavy (non-hydrogen) atoms. The Labute approximate surface area is 105 Å². The summed E-state index contributed by atoms with van der Waals surface area (Å²) in [6.45, 7) is 0.596. The second-order valence-corrected chi connectivity index (χ2v) is 4.01. The lowest BCUT2D eigenvalue weighted by atomic mass is 10.1. The van der Waals surface area contributed by atoms with Gasteiger partial charge in [-0.15, -0.1) is 0 Å². The van der Waals surface area contributed by atoms with Gasteiger partial charge in [0.2, 0.25) is 0 Å². The molecule has 0 radical (unpaired) electrons. The van der Waals surface area contributed by atoms with Crippen molar-refractivity contribution in [2.75, 3.05) is 7.11 Å². The van der Waals surface area contributed by atoms with Crippen LogP contribution in [-0.4, -0.2) is 16.8 Å². The fourth-order valence-corrected chi connectivity index (χ4v) is 1.80. The Morgan fingerprint density at radius 3 is 2.56 bits per heavy atom. The number of methoxy groups -OCH3 is 1. The average molecular weight is 245 g/mol. The molecule has 2 rings (SSSR count). The van der Waals surface area contributed by atoms with Crippen molar-refractivity contribution in [2.45, 2.75) is 13.2 Å². The number of rotatable bonds is 4. The number of nitrogens with zero attached hydrogens (tertiary/aromatic N) is 1. The number of ether oxygens (including phenoxy) is 1. The minimum atomic E-state index is -0.0117. The van der Waals surface area contributed by atoms with Gasteiger partial charge in [0.05, 0.1) is 20.3 Å². The molecule has 2 aromatic rings. The van der Waals surface area contributed by atoms with Crippen molar-refractivity contribution < 1.29 is 9.84 Å². The highest BCUT2D eigenvalue weighted by molar-refractivity contribution is 5.37. The molecule has 0 aliphatic carbocycles. The molecule has 0 amide bonds. The van der Waals surface area contributed by atoms with E-state index >= 15 is 0 Å². The Morgan fingerprint density at radius 2 is 1.94 bits per heavy atom. The smallest absolute Gasteiger partial charge is 0.181 e. The minimum Gasteiger partial charge on any atom is -0.496 e. The zero-order valence-electron chi connectivity index (χ0n) is 10.2. The summed E-state index contributed by atoms with van der Waals surface area (Å²) in [7, 11) is 1.61. The Balaban J connectivity index is 2.31. The van der Waals surface area contributed by atoms with E-state index in [1.165, 1.54) is 12.1 Å². The van der Waals surface area contributed by atoms with Gasteiger partial charge in [-0.25, -0.2) is 0 Å². The fourth-order valence-electron chi connectivity index (χ4n) is 1.80. The fraction of sp³-hybridized carbons (Fsp3) is 0.214. The third-order valence-electron chi connectivity index (χ3n) is 2.74. The van der Waals surface area contributed by atoms with Crippen LogP contribution in [0.15, 0.2) is 47.5 Å². The van der Waals surface area contributed by atoms with Crippen molar-refractivity contribution in [1.29, 1.82) is 0 Å². The van der Waals surface area contributed by atoms with Crippen LogP contribution >= 0.6 is 0 Å². The molecule has 0 saturated heterocycles. The van der Waals surface area contributed by atoms with Gasteiger partial charge in [0, 0.05) is 30.1 Å². The quantitative estimate of drug-likeness (QED) is 0.885. The molecule has 0 fully saturated rings. The Morgan fingerprint density at radius 1 is 1.22 bits per heavy atom. The lowest BCUT2D eigenvalue weighted by molar-refractivity contribution is 0.281. The van der Waals surface area contributed by atoms with Crippen molar-refractivity contribution in [1.82, 2.24) is 4.57 Å². The van der Waals surface area contributed by atoms with Crippen molar-refractivity contribution in [2.24, 2.45) is 0 Å². The van der Waals surface area contributed by atoms with Gasteiger partial charge in [0.25, 0.3) is 0 Å². The Hall–Kier alpha value is -2.07. The summed E-state index contributed by atoms with van der Waals surface area (Å²) in [6.07, 6.45) is 3.46. The van der Waals surface area contributed by atoms with E-state index in [1.807, 2.05) is 22.8 Å². The van der Waals surface area contributed by atoms with Gasteiger partial charge in [-0.1, -0.05) is 6.07 Å². The highest BCUT2D eigenvalue weighted by Crippen LogP contribution is 2.20. The molecule has 1 aromatic carbocycles. The van der Waals surface area contributed by atoms with Crippen molar-refractivity contribution >= 4 is 0 Å².